The number of carbonyl (C=O) groups excluding carboxylic acids is 1. The molecule has 2 N–H and O–H groups in total. The minimum Gasteiger partial charge on any atom is -0.353 e. The van der Waals surface area contributed by atoms with Crippen LogP contribution in [-0.4, -0.2) is 25.0 Å². The quantitative estimate of drug-likeness (QED) is 0.822. The molecule has 3 fully saturated rings. The van der Waals surface area contributed by atoms with Gasteiger partial charge in [-0.05, 0) is 68.4 Å². The standard InChI is InChI=1S/C17H30N2O.ClH/c1-12-10-16(2,3)5-4-14(12)19-15(20)13-11-17(13)6-8-18-9-7-17;/h12-14,18H,4-11H2,1-3H3,(H,19,20);1H. The number of piperidine rings is 1. The average molecular weight is 315 g/mol. The topological polar surface area (TPSA) is 41.1 Å². The van der Waals surface area contributed by atoms with E-state index in [4.69, 9.17) is 0 Å². The lowest BCUT2D eigenvalue weighted by Gasteiger charge is -2.39. The van der Waals surface area contributed by atoms with Crippen LogP contribution in [0.3, 0.4) is 0 Å². The van der Waals surface area contributed by atoms with E-state index in [1.807, 2.05) is 0 Å². The van der Waals surface area contributed by atoms with Gasteiger partial charge in [-0.15, -0.1) is 12.4 Å². The molecule has 0 bridgehead atoms. The number of nitrogens with one attached hydrogen (secondary N) is 2. The molecule has 4 heteroatoms. The molecule has 1 amide bonds. The van der Waals surface area contributed by atoms with Crippen molar-refractivity contribution in [1.82, 2.24) is 10.6 Å². The van der Waals surface area contributed by atoms with Crippen molar-refractivity contribution in [2.75, 3.05) is 13.1 Å². The molecule has 0 aromatic carbocycles. The Morgan fingerprint density at radius 1 is 1.14 bits per heavy atom. The molecular weight excluding hydrogens is 284 g/mol. The summed E-state index contributed by atoms with van der Waals surface area (Å²) in [6.07, 6.45) is 7.14. The Bertz CT molecular complexity index is 390. The van der Waals surface area contributed by atoms with Crippen LogP contribution in [0.2, 0.25) is 0 Å². The number of amides is 1. The molecule has 122 valence electrons. The van der Waals surface area contributed by atoms with Gasteiger partial charge in [0.25, 0.3) is 0 Å². The summed E-state index contributed by atoms with van der Waals surface area (Å²) >= 11 is 0. The van der Waals surface area contributed by atoms with Crippen LogP contribution in [0.15, 0.2) is 0 Å². The number of rotatable bonds is 2. The molecule has 3 rings (SSSR count). The highest BCUT2D eigenvalue weighted by Gasteiger charge is 2.57. The summed E-state index contributed by atoms with van der Waals surface area (Å²) in [5, 5.41) is 6.79. The van der Waals surface area contributed by atoms with Crippen LogP contribution in [-0.2, 0) is 4.79 Å². The van der Waals surface area contributed by atoms with Crippen LogP contribution < -0.4 is 10.6 Å². The van der Waals surface area contributed by atoms with E-state index in [0.29, 0.717) is 34.6 Å². The minimum absolute atomic E-state index is 0. The van der Waals surface area contributed by atoms with Crippen LogP contribution >= 0.6 is 12.4 Å². The minimum atomic E-state index is 0. The molecule has 2 saturated carbocycles. The number of carbonyl (C=O) groups is 1. The van der Waals surface area contributed by atoms with Gasteiger partial charge in [0.15, 0.2) is 0 Å². The molecule has 21 heavy (non-hydrogen) atoms. The Balaban J connectivity index is 0.00000161. The highest BCUT2D eigenvalue weighted by atomic mass is 35.5. The van der Waals surface area contributed by atoms with E-state index in [0.717, 1.165) is 25.9 Å². The van der Waals surface area contributed by atoms with Crippen LogP contribution in [0.4, 0.5) is 0 Å². The number of halogens is 1. The average Bonchev–Trinajstić information content (AvgIpc) is 3.07. The number of hydrogen-bond donors (Lipinski definition) is 2. The summed E-state index contributed by atoms with van der Waals surface area (Å²) in [6, 6.07) is 0.412. The zero-order valence-corrected chi connectivity index (χ0v) is 14.5. The monoisotopic (exact) mass is 314 g/mol. The molecule has 1 aliphatic heterocycles. The molecule has 3 unspecified atom stereocenters. The third kappa shape index (κ3) is 3.56. The molecule has 0 aromatic rings. The third-order valence-corrected chi connectivity index (χ3v) is 6.13. The lowest BCUT2D eigenvalue weighted by atomic mass is 9.70. The van der Waals surface area contributed by atoms with Crippen molar-refractivity contribution in [2.45, 2.75) is 65.3 Å². The lowest BCUT2D eigenvalue weighted by Crippen LogP contribution is -2.45. The molecule has 0 radical (unpaired) electrons. The van der Waals surface area contributed by atoms with Crippen molar-refractivity contribution in [3.05, 3.63) is 0 Å². The van der Waals surface area contributed by atoms with Gasteiger partial charge in [0.1, 0.15) is 0 Å². The Morgan fingerprint density at radius 2 is 1.81 bits per heavy atom. The van der Waals surface area contributed by atoms with Gasteiger partial charge in [-0.1, -0.05) is 20.8 Å². The van der Waals surface area contributed by atoms with Crippen LogP contribution in [0.5, 0.6) is 0 Å². The smallest absolute Gasteiger partial charge is 0.223 e. The van der Waals surface area contributed by atoms with Gasteiger partial charge in [-0.2, -0.15) is 0 Å². The first-order valence-corrected chi connectivity index (χ1v) is 8.43. The van der Waals surface area contributed by atoms with Crippen LogP contribution in [0.1, 0.15) is 59.3 Å². The summed E-state index contributed by atoms with van der Waals surface area (Å²) in [4.78, 5) is 12.5. The SMILES string of the molecule is CC1CC(C)(C)CCC1NC(=O)C1CC12CCNCC2.Cl. The second kappa shape index (κ2) is 6.08. The van der Waals surface area contributed by atoms with Crippen LogP contribution in [0, 0.1) is 22.7 Å². The molecule has 2 aliphatic carbocycles. The van der Waals surface area contributed by atoms with Gasteiger partial charge in [0.2, 0.25) is 5.91 Å². The molecule has 1 spiro atoms. The zero-order chi connectivity index (χ0) is 14.4. The van der Waals surface area contributed by atoms with Crippen molar-refractivity contribution in [3.8, 4) is 0 Å². The maximum atomic E-state index is 12.5. The van der Waals surface area contributed by atoms with Gasteiger partial charge in [0, 0.05) is 12.0 Å². The van der Waals surface area contributed by atoms with Crippen molar-refractivity contribution in [1.29, 1.82) is 0 Å². The summed E-state index contributed by atoms with van der Waals surface area (Å²) in [5.41, 5.74) is 0.822. The fraction of sp³-hybridized carbons (Fsp3) is 0.941. The molecule has 1 heterocycles. The molecular formula is C17H31ClN2O. The van der Waals surface area contributed by atoms with Crippen molar-refractivity contribution in [2.24, 2.45) is 22.7 Å². The molecule has 1 saturated heterocycles. The molecule has 3 atom stereocenters. The summed E-state index contributed by atoms with van der Waals surface area (Å²) in [6.45, 7) is 9.20. The van der Waals surface area contributed by atoms with E-state index in [9.17, 15) is 4.79 Å². The molecule has 3 aliphatic rings. The van der Waals surface area contributed by atoms with E-state index < -0.39 is 0 Å². The Morgan fingerprint density at radius 3 is 2.43 bits per heavy atom. The summed E-state index contributed by atoms with van der Waals surface area (Å²) in [5.74, 6) is 1.28. The Kier molecular flexibility index (Phi) is 4.94. The van der Waals surface area contributed by atoms with Gasteiger partial charge in [-0.3, -0.25) is 4.79 Å². The Labute approximate surface area is 135 Å². The first-order chi connectivity index (χ1) is 9.42. The van der Waals surface area contributed by atoms with Crippen LogP contribution in [0.25, 0.3) is 0 Å². The van der Waals surface area contributed by atoms with Crippen molar-refractivity contribution < 1.29 is 4.79 Å². The number of hydrogen-bond acceptors (Lipinski definition) is 2. The first-order valence-electron chi connectivity index (χ1n) is 8.43. The molecule has 0 aromatic heterocycles. The highest BCUT2D eigenvalue weighted by Crippen LogP contribution is 2.58. The molecule has 3 nitrogen and oxygen atoms in total. The zero-order valence-electron chi connectivity index (χ0n) is 13.7. The predicted molar refractivity (Wildman–Crippen MR) is 88.6 cm³/mol. The van der Waals surface area contributed by atoms with Crippen molar-refractivity contribution in [3.63, 3.8) is 0 Å². The van der Waals surface area contributed by atoms with E-state index in [2.05, 4.69) is 31.4 Å². The second-order valence-corrected chi connectivity index (χ2v) is 8.37. The normalized spacial score (nSPS) is 36.6. The fourth-order valence-corrected chi connectivity index (χ4v) is 4.64. The first kappa shape index (κ1) is 17.1. The van der Waals surface area contributed by atoms with E-state index >= 15 is 0 Å². The predicted octanol–water partition coefficient (Wildman–Crippen LogP) is 3.13. The maximum Gasteiger partial charge on any atom is 0.223 e. The maximum absolute atomic E-state index is 12.5. The van der Waals surface area contributed by atoms with Gasteiger partial charge in [0.05, 0.1) is 0 Å². The second-order valence-electron chi connectivity index (χ2n) is 8.37. The van der Waals surface area contributed by atoms with E-state index in [-0.39, 0.29) is 12.4 Å². The fourth-order valence-electron chi connectivity index (χ4n) is 4.64. The Hall–Kier alpha value is -0.280. The van der Waals surface area contributed by atoms with Gasteiger partial charge < -0.3 is 10.6 Å². The van der Waals surface area contributed by atoms with Crippen molar-refractivity contribution >= 4 is 18.3 Å². The van der Waals surface area contributed by atoms with Gasteiger partial charge >= 0.3 is 0 Å². The third-order valence-electron chi connectivity index (χ3n) is 6.13. The highest BCUT2D eigenvalue weighted by molar-refractivity contribution is 5.85. The summed E-state index contributed by atoms with van der Waals surface area (Å²) < 4.78 is 0. The van der Waals surface area contributed by atoms with Gasteiger partial charge in [-0.25, -0.2) is 0 Å². The summed E-state index contributed by atoms with van der Waals surface area (Å²) in [7, 11) is 0. The van der Waals surface area contributed by atoms with E-state index in [1.54, 1.807) is 0 Å². The lowest BCUT2D eigenvalue weighted by molar-refractivity contribution is -0.124. The largest absolute Gasteiger partial charge is 0.353 e. The van der Waals surface area contributed by atoms with E-state index in [1.165, 1.54) is 25.7 Å².